The lowest BCUT2D eigenvalue weighted by Crippen LogP contribution is -2.28. The maximum Gasteiger partial charge on any atom is 0.337 e. The number of hydrogen-bond donors (Lipinski definition) is 1. The summed E-state index contributed by atoms with van der Waals surface area (Å²) >= 11 is 0. The fourth-order valence-corrected chi connectivity index (χ4v) is 3.98. The summed E-state index contributed by atoms with van der Waals surface area (Å²) in [6.07, 6.45) is 4.34. The van der Waals surface area contributed by atoms with Gasteiger partial charge >= 0.3 is 5.97 Å². The predicted octanol–water partition coefficient (Wildman–Crippen LogP) is 1.76. The van der Waals surface area contributed by atoms with Crippen LogP contribution < -0.4 is 4.31 Å². The Hall–Kier alpha value is -2.39. The van der Waals surface area contributed by atoms with Crippen LogP contribution in [0.4, 0.5) is 5.69 Å². The standard InChI is InChI=1S/C16H19N3O5S/c1-18(15-5-3-2-4-14(15)16(20)21)25(22,23)13-10-17-19(11-13)12-6-8-24-9-7-12/h2-5,10-12H,6-9H2,1H3,(H,20,21). The van der Waals surface area contributed by atoms with E-state index >= 15 is 0 Å². The lowest BCUT2D eigenvalue weighted by Gasteiger charge is -2.22. The quantitative estimate of drug-likeness (QED) is 0.866. The van der Waals surface area contributed by atoms with Crippen LogP contribution in [0.15, 0.2) is 41.6 Å². The molecule has 3 rings (SSSR count). The molecule has 0 unspecified atom stereocenters. The van der Waals surface area contributed by atoms with E-state index in [1.807, 2.05) is 0 Å². The molecule has 1 aliphatic heterocycles. The average molecular weight is 365 g/mol. The summed E-state index contributed by atoms with van der Waals surface area (Å²) in [5.41, 5.74) is 0.0270. The van der Waals surface area contributed by atoms with Crippen molar-refractivity contribution in [2.75, 3.05) is 24.6 Å². The molecule has 1 aromatic heterocycles. The van der Waals surface area contributed by atoms with Crippen LogP contribution in [0.5, 0.6) is 0 Å². The maximum atomic E-state index is 12.9. The number of anilines is 1. The number of ether oxygens (including phenoxy) is 1. The Morgan fingerprint density at radius 1 is 1.32 bits per heavy atom. The van der Waals surface area contributed by atoms with Crippen LogP contribution in [-0.2, 0) is 14.8 Å². The first-order valence-electron chi connectivity index (χ1n) is 7.84. The Bertz CT molecular complexity index is 871. The normalized spacial score (nSPS) is 15.9. The molecule has 0 radical (unpaired) electrons. The van der Waals surface area contributed by atoms with Gasteiger partial charge in [-0.1, -0.05) is 12.1 Å². The van der Waals surface area contributed by atoms with Crippen LogP contribution in [0.25, 0.3) is 0 Å². The molecule has 0 aliphatic carbocycles. The Kier molecular flexibility index (Phi) is 4.78. The topological polar surface area (TPSA) is 102 Å². The second-order valence-electron chi connectivity index (χ2n) is 5.79. The molecule has 0 bridgehead atoms. The molecule has 9 heteroatoms. The summed E-state index contributed by atoms with van der Waals surface area (Å²) in [7, 11) is -2.57. The fraction of sp³-hybridized carbons (Fsp3) is 0.375. The van der Waals surface area contributed by atoms with E-state index in [1.54, 1.807) is 16.8 Å². The smallest absolute Gasteiger partial charge is 0.337 e. The molecule has 8 nitrogen and oxygen atoms in total. The van der Waals surface area contributed by atoms with Gasteiger partial charge in [-0.15, -0.1) is 0 Å². The van der Waals surface area contributed by atoms with Gasteiger partial charge in [0.15, 0.2) is 0 Å². The van der Waals surface area contributed by atoms with Gasteiger partial charge in [-0.05, 0) is 25.0 Å². The molecule has 1 saturated heterocycles. The number of para-hydroxylation sites is 1. The van der Waals surface area contributed by atoms with E-state index in [4.69, 9.17) is 4.74 Å². The van der Waals surface area contributed by atoms with Crippen molar-refractivity contribution >= 4 is 21.7 Å². The molecule has 0 atom stereocenters. The van der Waals surface area contributed by atoms with Crippen molar-refractivity contribution in [1.82, 2.24) is 9.78 Å². The van der Waals surface area contributed by atoms with Gasteiger partial charge in [0.05, 0.1) is 23.5 Å². The Balaban J connectivity index is 1.91. The van der Waals surface area contributed by atoms with Crippen LogP contribution in [0, 0.1) is 0 Å². The molecule has 1 aliphatic rings. The molecular weight excluding hydrogens is 346 g/mol. The molecule has 25 heavy (non-hydrogen) atoms. The number of aromatic nitrogens is 2. The van der Waals surface area contributed by atoms with Crippen LogP contribution in [-0.4, -0.2) is 49.5 Å². The third kappa shape index (κ3) is 3.38. The third-order valence-corrected chi connectivity index (χ3v) is 6.00. The number of hydrogen-bond acceptors (Lipinski definition) is 5. The summed E-state index contributed by atoms with van der Waals surface area (Å²) < 4.78 is 33.6. The fourth-order valence-electron chi connectivity index (χ4n) is 2.82. The highest BCUT2D eigenvalue weighted by atomic mass is 32.2. The minimum Gasteiger partial charge on any atom is -0.478 e. The summed E-state index contributed by atoms with van der Waals surface area (Å²) in [5.74, 6) is -1.18. The van der Waals surface area contributed by atoms with E-state index in [9.17, 15) is 18.3 Å². The van der Waals surface area contributed by atoms with Crippen LogP contribution in [0.2, 0.25) is 0 Å². The molecule has 0 amide bonds. The highest BCUT2D eigenvalue weighted by Crippen LogP contribution is 2.27. The summed E-state index contributed by atoms with van der Waals surface area (Å²) in [4.78, 5) is 11.4. The van der Waals surface area contributed by atoms with Crippen molar-refractivity contribution in [3.05, 3.63) is 42.2 Å². The second kappa shape index (κ2) is 6.85. The molecule has 0 spiro atoms. The third-order valence-electron chi connectivity index (χ3n) is 4.27. The Morgan fingerprint density at radius 2 is 2.00 bits per heavy atom. The van der Waals surface area contributed by atoms with Gasteiger partial charge in [0.1, 0.15) is 4.90 Å². The van der Waals surface area contributed by atoms with Crippen molar-refractivity contribution in [1.29, 1.82) is 0 Å². The van der Waals surface area contributed by atoms with Crippen LogP contribution >= 0.6 is 0 Å². The van der Waals surface area contributed by atoms with E-state index in [0.29, 0.717) is 13.2 Å². The lowest BCUT2D eigenvalue weighted by molar-refractivity contribution is 0.0661. The molecular formula is C16H19N3O5S. The Labute approximate surface area is 145 Å². The van der Waals surface area contributed by atoms with E-state index in [-0.39, 0.29) is 22.2 Å². The van der Waals surface area contributed by atoms with Gasteiger partial charge in [0.2, 0.25) is 0 Å². The predicted molar refractivity (Wildman–Crippen MR) is 90.3 cm³/mol. The number of carboxylic acids is 1. The van der Waals surface area contributed by atoms with Gasteiger partial charge in [-0.3, -0.25) is 8.99 Å². The van der Waals surface area contributed by atoms with Gasteiger partial charge < -0.3 is 9.84 Å². The zero-order chi connectivity index (χ0) is 18.0. The number of benzene rings is 1. The minimum absolute atomic E-state index is 0.0293. The van der Waals surface area contributed by atoms with Gasteiger partial charge in [-0.2, -0.15) is 5.10 Å². The van der Waals surface area contributed by atoms with Crippen molar-refractivity contribution < 1.29 is 23.1 Å². The number of rotatable bonds is 5. The van der Waals surface area contributed by atoms with Gasteiger partial charge in [0.25, 0.3) is 10.0 Å². The lowest BCUT2D eigenvalue weighted by atomic mass is 10.1. The van der Waals surface area contributed by atoms with Crippen molar-refractivity contribution in [3.63, 3.8) is 0 Å². The van der Waals surface area contributed by atoms with Crippen molar-refractivity contribution in [2.24, 2.45) is 0 Å². The van der Waals surface area contributed by atoms with E-state index in [0.717, 1.165) is 17.1 Å². The summed E-state index contributed by atoms with van der Waals surface area (Å²) in [6, 6.07) is 6.09. The molecule has 0 saturated carbocycles. The number of carboxylic acid groups (broad SMARTS) is 1. The van der Waals surface area contributed by atoms with Crippen LogP contribution in [0.1, 0.15) is 29.2 Å². The highest BCUT2D eigenvalue weighted by Gasteiger charge is 2.27. The number of sulfonamides is 1. The SMILES string of the molecule is CN(c1ccccc1C(=O)O)S(=O)(=O)c1cnn(C2CCOCC2)c1. The Morgan fingerprint density at radius 3 is 2.68 bits per heavy atom. The number of aromatic carboxylic acids is 1. The minimum atomic E-state index is -3.91. The zero-order valence-corrected chi connectivity index (χ0v) is 14.5. The van der Waals surface area contributed by atoms with Gasteiger partial charge in [0, 0.05) is 26.5 Å². The van der Waals surface area contributed by atoms with Crippen molar-refractivity contribution in [2.45, 2.75) is 23.8 Å². The average Bonchev–Trinajstić information content (AvgIpc) is 3.12. The molecule has 134 valence electrons. The van der Waals surface area contributed by atoms with Crippen LogP contribution in [0.3, 0.4) is 0 Å². The van der Waals surface area contributed by atoms with E-state index in [2.05, 4.69) is 5.10 Å². The maximum absolute atomic E-state index is 12.9. The highest BCUT2D eigenvalue weighted by molar-refractivity contribution is 7.92. The molecule has 1 aromatic carbocycles. The zero-order valence-electron chi connectivity index (χ0n) is 13.7. The van der Waals surface area contributed by atoms with E-state index in [1.165, 1.54) is 31.6 Å². The first-order valence-corrected chi connectivity index (χ1v) is 9.28. The monoisotopic (exact) mass is 365 g/mol. The number of nitrogens with zero attached hydrogens (tertiary/aromatic N) is 3. The summed E-state index contributed by atoms with van der Waals surface area (Å²) in [6.45, 7) is 1.25. The largest absolute Gasteiger partial charge is 0.478 e. The molecule has 1 N–H and O–H groups in total. The van der Waals surface area contributed by atoms with E-state index < -0.39 is 16.0 Å². The van der Waals surface area contributed by atoms with Crippen molar-refractivity contribution in [3.8, 4) is 0 Å². The first kappa shape index (κ1) is 17.4. The summed E-state index contributed by atoms with van der Waals surface area (Å²) in [5, 5.41) is 13.5. The molecule has 1 fully saturated rings. The molecule has 2 heterocycles. The second-order valence-corrected chi connectivity index (χ2v) is 7.76. The number of carbonyl (C=O) groups is 1. The van der Waals surface area contributed by atoms with Gasteiger partial charge in [-0.25, -0.2) is 13.2 Å². The first-order chi connectivity index (χ1) is 11.9. The molecule has 2 aromatic rings.